The molecule has 1 saturated carbocycles. The van der Waals surface area contributed by atoms with E-state index < -0.39 is 10.0 Å². The predicted octanol–water partition coefficient (Wildman–Crippen LogP) is 1.09. The zero-order valence-electron chi connectivity index (χ0n) is 10.6. The van der Waals surface area contributed by atoms with Gasteiger partial charge in [-0.25, -0.2) is 13.1 Å². The van der Waals surface area contributed by atoms with Crippen molar-refractivity contribution < 1.29 is 8.42 Å². The first-order valence-electron chi connectivity index (χ1n) is 6.79. The topological polar surface area (TPSA) is 58.2 Å². The van der Waals surface area contributed by atoms with Crippen LogP contribution in [0.15, 0.2) is 0 Å². The molecule has 0 spiro atoms. The smallest absolute Gasteiger partial charge is 0.214 e. The lowest BCUT2D eigenvalue weighted by Gasteiger charge is -2.29. The summed E-state index contributed by atoms with van der Waals surface area (Å²) in [4.78, 5) is 0. The van der Waals surface area contributed by atoms with Gasteiger partial charge in [0.05, 0.1) is 5.25 Å². The minimum Gasteiger partial charge on any atom is -0.316 e. The minimum atomic E-state index is -3.05. The highest BCUT2D eigenvalue weighted by Crippen LogP contribution is 2.24. The predicted molar refractivity (Wildman–Crippen MR) is 69.3 cm³/mol. The first kappa shape index (κ1) is 13.3. The monoisotopic (exact) mass is 260 g/mol. The van der Waals surface area contributed by atoms with Gasteiger partial charge in [0.2, 0.25) is 10.0 Å². The SMILES string of the molecule is CC1CNCCC1CNS(=O)(=O)C1CCCC1. The van der Waals surface area contributed by atoms with Crippen molar-refractivity contribution in [3.05, 3.63) is 0 Å². The first-order chi connectivity index (χ1) is 8.09. The second-order valence-electron chi connectivity index (χ2n) is 5.53. The van der Waals surface area contributed by atoms with E-state index in [-0.39, 0.29) is 5.25 Å². The molecule has 1 saturated heterocycles. The van der Waals surface area contributed by atoms with E-state index in [9.17, 15) is 8.42 Å². The zero-order chi connectivity index (χ0) is 12.3. The number of piperidine rings is 1. The van der Waals surface area contributed by atoms with Crippen molar-refractivity contribution >= 4 is 10.0 Å². The lowest BCUT2D eigenvalue weighted by Crippen LogP contribution is -2.43. The molecule has 0 amide bonds. The summed E-state index contributed by atoms with van der Waals surface area (Å²) >= 11 is 0. The Hall–Kier alpha value is -0.130. The maximum absolute atomic E-state index is 12.1. The maximum atomic E-state index is 12.1. The molecular weight excluding hydrogens is 236 g/mol. The van der Waals surface area contributed by atoms with Crippen molar-refractivity contribution in [1.29, 1.82) is 0 Å². The van der Waals surface area contributed by atoms with Crippen LogP contribution in [0.4, 0.5) is 0 Å². The molecule has 2 rings (SSSR count). The molecule has 0 bridgehead atoms. The third-order valence-electron chi connectivity index (χ3n) is 4.25. The fourth-order valence-electron chi connectivity index (χ4n) is 2.91. The highest BCUT2D eigenvalue weighted by Gasteiger charge is 2.30. The molecule has 1 aliphatic heterocycles. The van der Waals surface area contributed by atoms with E-state index in [4.69, 9.17) is 0 Å². The van der Waals surface area contributed by atoms with Gasteiger partial charge in [-0.1, -0.05) is 19.8 Å². The van der Waals surface area contributed by atoms with Crippen molar-refractivity contribution in [2.75, 3.05) is 19.6 Å². The Balaban J connectivity index is 1.84. The molecule has 0 aromatic heterocycles. The standard InChI is InChI=1S/C12H24N2O2S/c1-10-8-13-7-6-11(10)9-14-17(15,16)12-4-2-3-5-12/h10-14H,2-9H2,1H3. The van der Waals surface area contributed by atoms with Gasteiger partial charge in [0, 0.05) is 6.54 Å². The average molecular weight is 260 g/mol. The molecule has 0 aromatic carbocycles. The normalized spacial score (nSPS) is 31.8. The summed E-state index contributed by atoms with van der Waals surface area (Å²) in [7, 11) is -3.05. The highest BCUT2D eigenvalue weighted by molar-refractivity contribution is 7.90. The first-order valence-corrected chi connectivity index (χ1v) is 8.33. The van der Waals surface area contributed by atoms with Crippen molar-refractivity contribution in [1.82, 2.24) is 10.0 Å². The Bertz CT molecular complexity index is 336. The Morgan fingerprint density at radius 2 is 1.94 bits per heavy atom. The van der Waals surface area contributed by atoms with Crippen molar-refractivity contribution in [3.63, 3.8) is 0 Å². The number of rotatable bonds is 4. The van der Waals surface area contributed by atoms with Gasteiger partial charge in [0.25, 0.3) is 0 Å². The summed E-state index contributed by atoms with van der Waals surface area (Å²) in [6.45, 7) is 4.85. The zero-order valence-corrected chi connectivity index (χ0v) is 11.4. The van der Waals surface area contributed by atoms with Crippen molar-refractivity contribution in [3.8, 4) is 0 Å². The largest absolute Gasteiger partial charge is 0.316 e. The van der Waals surface area contributed by atoms with Crippen LogP contribution in [0, 0.1) is 11.8 Å². The summed E-state index contributed by atoms with van der Waals surface area (Å²) in [5, 5.41) is 3.21. The van der Waals surface area contributed by atoms with Crippen molar-refractivity contribution in [2.45, 2.75) is 44.3 Å². The van der Waals surface area contributed by atoms with Crippen LogP contribution in [0.5, 0.6) is 0 Å². The molecule has 1 aliphatic carbocycles. The molecule has 5 heteroatoms. The molecule has 2 atom stereocenters. The van der Waals surface area contributed by atoms with Crippen LogP contribution in [0.2, 0.25) is 0 Å². The summed E-state index contributed by atoms with van der Waals surface area (Å²) in [6.07, 6.45) is 4.90. The lowest BCUT2D eigenvalue weighted by molar-refractivity contribution is 0.274. The van der Waals surface area contributed by atoms with Crippen molar-refractivity contribution in [2.24, 2.45) is 11.8 Å². The molecule has 2 unspecified atom stereocenters. The van der Waals surface area contributed by atoms with Crippen LogP contribution in [-0.2, 0) is 10.0 Å². The van der Waals surface area contributed by atoms with Gasteiger partial charge < -0.3 is 5.32 Å². The number of hydrogen-bond acceptors (Lipinski definition) is 3. The third kappa shape index (κ3) is 3.42. The van der Waals surface area contributed by atoms with Crippen LogP contribution in [0.25, 0.3) is 0 Å². The molecule has 2 N–H and O–H groups in total. The molecule has 2 aliphatic rings. The van der Waals surface area contributed by atoms with Gasteiger partial charge in [0.15, 0.2) is 0 Å². The van der Waals surface area contributed by atoms with E-state index in [1.807, 2.05) is 0 Å². The summed E-state index contributed by atoms with van der Waals surface area (Å²) in [5.41, 5.74) is 0. The van der Waals surface area contributed by atoms with Gasteiger partial charge in [-0.05, 0) is 44.2 Å². The third-order valence-corrected chi connectivity index (χ3v) is 6.17. The van der Waals surface area contributed by atoms with Crippen LogP contribution < -0.4 is 10.0 Å². The summed E-state index contributed by atoms with van der Waals surface area (Å²) in [6, 6.07) is 0. The number of hydrogen-bond donors (Lipinski definition) is 2. The van der Waals surface area contributed by atoms with Gasteiger partial charge in [-0.2, -0.15) is 0 Å². The molecule has 4 nitrogen and oxygen atoms in total. The average Bonchev–Trinajstić information content (AvgIpc) is 2.82. The highest BCUT2D eigenvalue weighted by atomic mass is 32.2. The second-order valence-corrected chi connectivity index (χ2v) is 7.58. The van der Waals surface area contributed by atoms with Gasteiger partial charge in [-0.3, -0.25) is 0 Å². The minimum absolute atomic E-state index is 0.125. The fourth-order valence-corrected chi connectivity index (χ4v) is 4.55. The lowest BCUT2D eigenvalue weighted by atomic mass is 9.88. The van der Waals surface area contributed by atoms with E-state index in [1.54, 1.807) is 0 Å². The van der Waals surface area contributed by atoms with Crippen LogP contribution >= 0.6 is 0 Å². The van der Waals surface area contributed by atoms with Gasteiger partial charge in [0.1, 0.15) is 0 Å². The molecule has 0 aromatic rings. The molecular formula is C12H24N2O2S. The van der Waals surface area contributed by atoms with E-state index in [1.165, 1.54) is 0 Å². The van der Waals surface area contributed by atoms with Gasteiger partial charge >= 0.3 is 0 Å². The van der Waals surface area contributed by atoms with E-state index in [0.717, 1.165) is 45.2 Å². The van der Waals surface area contributed by atoms with E-state index >= 15 is 0 Å². The van der Waals surface area contributed by atoms with Crippen LogP contribution in [-0.4, -0.2) is 33.3 Å². The maximum Gasteiger partial charge on any atom is 0.214 e. The Kier molecular flexibility index (Phi) is 4.44. The molecule has 0 radical (unpaired) electrons. The molecule has 17 heavy (non-hydrogen) atoms. The Morgan fingerprint density at radius 1 is 1.24 bits per heavy atom. The molecule has 100 valence electrons. The van der Waals surface area contributed by atoms with Crippen LogP contribution in [0.1, 0.15) is 39.0 Å². The Morgan fingerprint density at radius 3 is 2.59 bits per heavy atom. The molecule has 2 fully saturated rings. The quantitative estimate of drug-likeness (QED) is 0.795. The van der Waals surface area contributed by atoms with Crippen LogP contribution in [0.3, 0.4) is 0 Å². The Labute approximate surface area is 105 Å². The summed E-state index contributed by atoms with van der Waals surface area (Å²) < 4.78 is 27.0. The summed E-state index contributed by atoms with van der Waals surface area (Å²) in [5.74, 6) is 1.06. The number of nitrogens with one attached hydrogen (secondary N) is 2. The molecule has 1 heterocycles. The number of sulfonamides is 1. The van der Waals surface area contributed by atoms with E-state index in [0.29, 0.717) is 18.4 Å². The second kappa shape index (κ2) is 5.67. The fraction of sp³-hybridized carbons (Fsp3) is 1.00. The van der Waals surface area contributed by atoms with E-state index in [2.05, 4.69) is 17.0 Å². The van der Waals surface area contributed by atoms with Gasteiger partial charge in [-0.15, -0.1) is 0 Å².